The van der Waals surface area contributed by atoms with E-state index in [0.717, 1.165) is 16.9 Å². The lowest BCUT2D eigenvalue weighted by molar-refractivity contribution is -0.384. The quantitative estimate of drug-likeness (QED) is 0.651. The first-order valence-corrected chi connectivity index (χ1v) is 8.56. The van der Waals surface area contributed by atoms with Gasteiger partial charge in [0, 0.05) is 44.8 Å². The van der Waals surface area contributed by atoms with Crippen LogP contribution in [0.3, 0.4) is 0 Å². The first-order chi connectivity index (χ1) is 10.8. The number of rotatable bonds is 5. The molecule has 0 amide bonds. The van der Waals surface area contributed by atoms with Crippen molar-refractivity contribution in [3.05, 3.63) is 64.2 Å². The molecule has 0 aliphatic rings. The zero-order chi connectivity index (χ0) is 17.0. The van der Waals surface area contributed by atoms with Crippen LogP contribution in [0.15, 0.2) is 48.5 Å². The molecular weight excluding hydrogens is 312 g/mol. The Labute approximate surface area is 138 Å². The number of anilines is 2. The summed E-state index contributed by atoms with van der Waals surface area (Å²) in [5.74, 6) is 0.499. The van der Waals surface area contributed by atoms with Crippen molar-refractivity contribution < 1.29 is 9.13 Å². The second-order valence-corrected chi connectivity index (χ2v) is 8.44. The Morgan fingerprint density at radius 3 is 2.30 bits per heavy atom. The maximum absolute atomic E-state index is 12.2. The number of non-ortho nitro benzene ring substituents is 1. The summed E-state index contributed by atoms with van der Waals surface area (Å²) in [4.78, 5) is 10.2. The lowest BCUT2D eigenvalue weighted by Gasteiger charge is -2.18. The molecule has 122 valence electrons. The average molecular weight is 332 g/mol. The monoisotopic (exact) mass is 332 g/mol. The summed E-state index contributed by atoms with van der Waals surface area (Å²) >= 11 is 0. The van der Waals surface area contributed by atoms with Gasteiger partial charge in [-0.05, 0) is 50.6 Å². The Bertz CT molecular complexity index is 721. The van der Waals surface area contributed by atoms with E-state index in [4.69, 9.17) is 0 Å². The third-order valence-electron chi connectivity index (χ3n) is 3.27. The summed E-state index contributed by atoms with van der Waals surface area (Å²) in [5.41, 5.74) is 2.68. The predicted octanol–water partition coefficient (Wildman–Crippen LogP) is 4.39. The molecular formula is C17H20N2O3S. The Balaban J connectivity index is 2.11. The molecule has 6 heteroatoms. The second-order valence-electron chi connectivity index (χ2n) is 6.23. The molecule has 2 aromatic carbocycles. The molecule has 5 nitrogen and oxygen atoms in total. The smallest absolute Gasteiger partial charge is 0.269 e. The predicted molar refractivity (Wildman–Crippen MR) is 94.4 cm³/mol. The molecule has 0 aliphatic carbocycles. The minimum Gasteiger partial charge on any atom is -0.356 e. The Hall–Kier alpha value is -2.21. The van der Waals surface area contributed by atoms with Gasteiger partial charge in [-0.3, -0.25) is 14.3 Å². The van der Waals surface area contributed by atoms with E-state index in [9.17, 15) is 14.3 Å². The Morgan fingerprint density at radius 1 is 1.09 bits per heavy atom. The zero-order valence-corrected chi connectivity index (χ0v) is 14.2. The number of nitro groups is 1. The molecule has 0 aliphatic heterocycles. The van der Waals surface area contributed by atoms with Crippen molar-refractivity contribution in [2.24, 2.45) is 0 Å². The fourth-order valence-corrected chi connectivity index (χ4v) is 2.86. The highest BCUT2D eigenvalue weighted by molar-refractivity contribution is 7.85. The van der Waals surface area contributed by atoms with Crippen LogP contribution < -0.4 is 5.32 Å². The number of nitrogens with one attached hydrogen (secondary N) is 1. The van der Waals surface area contributed by atoms with E-state index < -0.39 is 15.7 Å². The molecule has 1 atom stereocenters. The van der Waals surface area contributed by atoms with E-state index in [-0.39, 0.29) is 10.4 Å². The fourth-order valence-electron chi connectivity index (χ4n) is 1.94. The van der Waals surface area contributed by atoms with Gasteiger partial charge in [0.15, 0.2) is 0 Å². The van der Waals surface area contributed by atoms with Crippen LogP contribution in [0.2, 0.25) is 0 Å². The molecule has 0 saturated carbocycles. The van der Waals surface area contributed by atoms with E-state index in [0.29, 0.717) is 5.75 Å². The highest BCUT2D eigenvalue weighted by Crippen LogP contribution is 2.22. The Morgan fingerprint density at radius 2 is 1.74 bits per heavy atom. The topological polar surface area (TPSA) is 72.2 Å². The highest BCUT2D eigenvalue weighted by Gasteiger charge is 2.19. The lowest BCUT2D eigenvalue weighted by Crippen LogP contribution is -2.22. The molecule has 0 saturated heterocycles. The Kier molecular flexibility index (Phi) is 5.15. The number of nitro benzene ring substituents is 1. The molecule has 2 rings (SSSR count). The summed E-state index contributed by atoms with van der Waals surface area (Å²) in [5, 5.41) is 13.9. The van der Waals surface area contributed by atoms with Gasteiger partial charge in [0.25, 0.3) is 5.69 Å². The van der Waals surface area contributed by atoms with Crippen molar-refractivity contribution in [1.29, 1.82) is 0 Å². The van der Waals surface area contributed by atoms with Crippen LogP contribution in [0.4, 0.5) is 17.1 Å². The third kappa shape index (κ3) is 4.89. The largest absolute Gasteiger partial charge is 0.356 e. The molecule has 1 unspecified atom stereocenters. The molecule has 1 N–H and O–H groups in total. The summed E-state index contributed by atoms with van der Waals surface area (Å²) in [6.07, 6.45) is 0. The van der Waals surface area contributed by atoms with Crippen LogP contribution in [-0.4, -0.2) is 13.9 Å². The van der Waals surface area contributed by atoms with Crippen LogP contribution in [-0.2, 0) is 16.6 Å². The fraction of sp³-hybridized carbons (Fsp3) is 0.294. The SMILES string of the molecule is CC(C)(C)S(=O)Cc1cccc(Nc2ccc([N+](=O)[O-])cc2)c1. The van der Waals surface area contributed by atoms with Crippen molar-refractivity contribution in [2.75, 3.05) is 5.32 Å². The van der Waals surface area contributed by atoms with E-state index in [1.54, 1.807) is 12.1 Å². The van der Waals surface area contributed by atoms with Crippen LogP contribution in [0.25, 0.3) is 0 Å². The minimum atomic E-state index is -0.954. The summed E-state index contributed by atoms with van der Waals surface area (Å²) in [6.45, 7) is 5.88. The molecule has 0 bridgehead atoms. The second kappa shape index (κ2) is 6.91. The zero-order valence-electron chi connectivity index (χ0n) is 13.4. The molecule has 23 heavy (non-hydrogen) atoms. The van der Waals surface area contributed by atoms with E-state index in [1.807, 2.05) is 45.0 Å². The molecule has 0 spiro atoms. The van der Waals surface area contributed by atoms with Gasteiger partial charge >= 0.3 is 0 Å². The normalized spacial score (nSPS) is 12.7. The first kappa shape index (κ1) is 17.1. The number of nitrogens with zero attached hydrogens (tertiary/aromatic N) is 1. The van der Waals surface area contributed by atoms with Crippen molar-refractivity contribution in [3.63, 3.8) is 0 Å². The number of hydrogen-bond donors (Lipinski definition) is 1. The van der Waals surface area contributed by atoms with Crippen LogP contribution in [0.5, 0.6) is 0 Å². The molecule has 2 aromatic rings. The van der Waals surface area contributed by atoms with Crippen LogP contribution in [0, 0.1) is 10.1 Å². The maximum Gasteiger partial charge on any atom is 0.269 e. The van der Waals surface area contributed by atoms with E-state index >= 15 is 0 Å². The summed E-state index contributed by atoms with van der Waals surface area (Å²) < 4.78 is 12.0. The van der Waals surface area contributed by atoms with Gasteiger partial charge in [-0.15, -0.1) is 0 Å². The number of benzene rings is 2. The maximum atomic E-state index is 12.2. The van der Waals surface area contributed by atoms with Gasteiger partial charge in [-0.1, -0.05) is 12.1 Å². The van der Waals surface area contributed by atoms with Crippen LogP contribution in [0.1, 0.15) is 26.3 Å². The van der Waals surface area contributed by atoms with Gasteiger partial charge in [0.1, 0.15) is 0 Å². The molecule has 0 fully saturated rings. The molecule has 0 heterocycles. The third-order valence-corrected chi connectivity index (χ3v) is 5.24. The summed E-state index contributed by atoms with van der Waals surface area (Å²) in [7, 11) is -0.954. The van der Waals surface area contributed by atoms with Crippen LogP contribution >= 0.6 is 0 Å². The van der Waals surface area contributed by atoms with Gasteiger partial charge in [-0.25, -0.2) is 0 Å². The van der Waals surface area contributed by atoms with Gasteiger partial charge in [0.2, 0.25) is 0 Å². The summed E-state index contributed by atoms with van der Waals surface area (Å²) in [6, 6.07) is 14.0. The van der Waals surface area contributed by atoms with Crippen molar-refractivity contribution >= 4 is 27.9 Å². The number of hydrogen-bond acceptors (Lipinski definition) is 4. The lowest BCUT2D eigenvalue weighted by atomic mass is 10.2. The van der Waals surface area contributed by atoms with Gasteiger partial charge in [0.05, 0.1) is 4.92 Å². The van der Waals surface area contributed by atoms with E-state index in [2.05, 4.69) is 5.32 Å². The van der Waals surface area contributed by atoms with Crippen molar-refractivity contribution in [1.82, 2.24) is 0 Å². The van der Waals surface area contributed by atoms with Gasteiger partial charge < -0.3 is 5.32 Å². The highest BCUT2D eigenvalue weighted by atomic mass is 32.2. The molecule has 0 radical (unpaired) electrons. The van der Waals surface area contributed by atoms with Gasteiger partial charge in [-0.2, -0.15) is 0 Å². The standard InChI is InChI=1S/C17H20N2O3S/c1-17(2,3)23(22)12-13-5-4-6-15(11-13)18-14-7-9-16(10-8-14)19(20)21/h4-11,18H,12H2,1-3H3. The van der Waals surface area contributed by atoms with Crippen molar-refractivity contribution in [2.45, 2.75) is 31.3 Å². The molecule has 0 aromatic heterocycles. The first-order valence-electron chi connectivity index (χ1n) is 7.24. The van der Waals surface area contributed by atoms with E-state index in [1.165, 1.54) is 12.1 Å². The minimum absolute atomic E-state index is 0.0601. The average Bonchev–Trinajstić information content (AvgIpc) is 2.47. The van der Waals surface area contributed by atoms with Crippen molar-refractivity contribution in [3.8, 4) is 0 Å².